The number of rotatable bonds is 0. The summed E-state index contributed by atoms with van der Waals surface area (Å²) >= 11 is 0. The van der Waals surface area contributed by atoms with Crippen LogP contribution in [0.5, 0.6) is 0 Å². The van der Waals surface area contributed by atoms with E-state index in [1.165, 1.54) is 21.3 Å². The third-order valence-corrected chi connectivity index (χ3v) is 4.81. The maximum absolute atomic E-state index is 5.42. The summed E-state index contributed by atoms with van der Waals surface area (Å²) in [7, 11) is 28.3. The van der Waals surface area contributed by atoms with Gasteiger partial charge in [-0.3, -0.25) is 0 Å². The predicted octanol–water partition coefficient (Wildman–Crippen LogP) is 8.99. The average Bonchev–Trinajstić information content (AvgIpc) is 2.67. The first-order valence-corrected chi connectivity index (χ1v) is 28.4. The van der Waals surface area contributed by atoms with Crippen molar-refractivity contribution in [1.29, 1.82) is 0 Å². The molecule has 1 aromatic carbocycles. The molecular weight excluding hydrogens is 581 g/mol. The quantitative estimate of drug-likeness (QED) is 0.167. The zero-order valence-corrected chi connectivity index (χ0v) is 22.9. The first kappa shape index (κ1) is 24.1. The molecule has 0 spiro atoms. The van der Waals surface area contributed by atoms with Gasteiger partial charge in [0.15, 0.2) is 5.52 Å². The molecule has 24 heavy (non-hydrogen) atoms. The molecule has 2 aromatic rings. The molecule has 0 saturated carbocycles. The molecule has 0 aliphatic carbocycles. The second-order valence-electron chi connectivity index (χ2n) is 7.58. The summed E-state index contributed by atoms with van der Waals surface area (Å²) in [5.41, 5.74) is 4.33. The molecule has 0 atom stereocenters. The van der Waals surface area contributed by atoms with Gasteiger partial charge in [-0.15, -0.1) is 4.37 Å². The van der Waals surface area contributed by atoms with Gasteiger partial charge in [0, 0.05) is 6.07 Å². The minimum absolute atomic E-state index is 0.153. The monoisotopic (exact) mass is 597 g/mol. The van der Waals surface area contributed by atoms with Crippen molar-refractivity contribution in [3.05, 3.63) is 23.3 Å². The zero-order valence-electron chi connectivity index (χ0n) is 14.1. The number of fused-ring (bicyclic) bond motifs is 1. The number of nitrogens with zero attached hydrogens (tertiary/aromatic N) is 1. The van der Waals surface area contributed by atoms with Crippen LogP contribution in [0, 0.1) is 0 Å². The van der Waals surface area contributed by atoms with E-state index in [0.29, 0.717) is 0 Å². The van der Waals surface area contributed by atoms with Crippen molar-refractivity contribution in [1.82, 2.24) is 4.37 Å². The van der Waals surface area contributed by atoms with Crippen LogP contribution >= 0.6 is 73.9 Å². The van der Waals surface area contributed by atoms with E-state index in [1.54, 1.807) is 20.9 Å². The third-order valence-electron chi connectivity index (χ3n) is 3.00. The zero-order chi connectivity index (χ0) is 19.3. The molecule has 0 radical (unpaired) electrons. The Hall–Kier alpha value is 2.02. The van der Waals surface area contributed by atoms with Gasteiger partial charge in [0.2, 0.25) is 0 Å². The van der Waals surface area contributed by atoms with E-state index in [0.717, 1.165) is 0 Å². The van der Waals surface area contributed by atoms with Gasteiger partial charge in [-0.2, -0.15) is 0 Å². The predicted molar refractivity (Wildman–Crippen MR) is 120 cm³/mol. The Labute approximate surface area is 171 Å². The van der Waals surface area contributed by atoms with Crippen LogP contribution in [0.3, 0.4) is 0 Å². The van der Waals surface area contributed by atoms with Crippen LogP contribution in [0.15, 0.2) is 12.1 Å². The molecule has 0 unspecified atom stereocenters. The van der Waals surface area contributed by atoms with E-state index in [9.17, 15) is 0 Å². The molecule has 0 fully saturated rings. The van der Waals surface area contributed by atoms with Gasteiger partial charge in [-0.25, -0.2) is 0 Å². The van der Waals surface area contributed by atoms with Crippen molar-refractivity contribution in [3.8, 4) is 0 Å². The maximum atomic E-state index is 5.06. The van der Waals surface area contributed by atoms with Crippen molar-refractivity contribution >= 4 is 93.2 Å². The van der Waals surface area contributed by atoms with Crippen LogP contribution in [-0.2, 0) is 10.8 Å². The first-order chi connectivity index (χ1) is 10.1. The Balaban J connectivity index is 0.000000351. The summed E-state index contributed by atoms with van der Waals surface area (Å²) in [6, 6.07) is 4.65. The fourth-order valence-corrected chi connectivity index (χ4v) is 3.68. The van der Waals surface area contributed by atoms with Crippen LogP contribution in [0.1, 0.15) is 52.7 Å². The van der Waals surface area contributed by atoms with Gasteiger partial charge in [0.25, 0.3) is 15.2 Å². The van der Waals surface area contributed by atoms with Gasteiger partial charge in [-0.05, 0) is 22.0 Å². The van der Waals surface area contributed by atoms with E-state index in [4.69, 9.17) is 53.0 Å². The van der Waals surface area contributed by atoms with Gasteiger partial charge in [0.05, 0.1) is 0 Å². The second kappa shape index (κ2) is 6.82. The second-order valence-corrected chi connectivity index (χ2v) is 66.4. The Morgan fingerprint density at radius 1 is 0.875 bits per heavy atom. The van der Waals surface area contributed by atoms with E-state index >= 15 is 0 Å². The van der Waals surface area contributed by atoms with E-state index in [1.807, 2.05) is 0 Å². The summed E-state index contributed by atoms with van der Waals surface area (Å²) in [4.78, 5) is 0. The van der Waals surface area contributed by atoms with Crippen LogP contribution < -0.4 is 0 Å². The number of halogens is 6. The van der Waals surface area contributed by atoms with Gasteiger partial charge in [-0.1, -0.05) is 47.6 Å². The van der Waals surface area contributed by atoms with E-state index in [-0.39, 0.29) is 10.8 Å². The summed E-state index contributed by atoms with van der Waals surface area (Å²) < 4.78 is 5.89. The van der Waals surface area contributed by atoms with Gasteiger partial charge in [0.1, 0.15) is 0 Å². The summed E-state index contributed by atoms with van der Waals surface area (Å²) in [6.07, 6.45) is 0. The first-order valence-electron chi connectivity index (χ1n) is 6.95. The number of hydrogen-bond acceptors (Lipinski definition) is 2. The molecule has 0 bridgehead atoms. The van der Waals surface area contributed by atoms with Gasteiger partial charge < -0.3 is 0 Å². The van der Waals surface area contributed by atoms with E-state index in [2.05, 4.69) is 58.0 Å². The minimum atomic E-state index is -5.42. The van der Waals surface area contributed by atoms with Crippen molar-refractivity contribution < 1.29 is 0 Å². The molecule has 0 aliphatic rings. The number of hydrogen-bond donors (Lipinski definition) is 0. The van der Waals surface area contributed by atoms with Crippen LogP contribution in [0.2, 0.25) is 0 Å². The Kier molecular flexibility index (Phi) is 6.83. The molecule has 1 aromatic heterocycles. The summed E-state index contributed by atoms with van der Waals surface area (Å²) in [5, 5.41) is 0. The standard InChI is InChI=1S/C14H20NS2.6ClH.Sb/c1-13(2,3)9-7-10(14(4,5)6)12-11(8-9)16-17-15-12;;;;;;;/h7-8H,1-6H3;6*1H;/q+1;;;;;;;+5/p-6. The molecule has 140 valence electrons. The molecule has 2 rings (SSSR count). The molecule has 1 nitrogen and oxygen atoms in total. The van der Waals surface area contributed by atoms with Crippen molar-refractivity contribution in [3.63, 3.8) is 0 Å². The fourth-order valence-electron chi connectivity index (χ4n) is 1.87. The van der Waals surface area contributed by atoms with Crippen LogP contribution in [0.4, 0.5) is 0 Å². The molecule has 0 N–H and O–H groups in total. The summed E-state index contributed by atoms with van der Waals surface area (Å²) in [5.74, 6) is 0. The Bertz CT molecular complexity index is 727. The molecule has 0 aliphatic heterocycles. The third kappa shape index (κ3) is 9.81. The molecular formula is C14H20Cl6NS2Sb. The van der Waals surface area contributed by atoms with E-state index < -0.39 is 9.14 Å². The van der Waals surface area contributed by atoms with Crippen molar-refractivity contribution in [2.45, 2.75) is 52.4 Å². The number of benzene rings is 1. The van der Waals surface area contributed by atoms with Crippen molar-refractivity contribution in [2.75, 3.05) is 0 Å². The molecule has 0 amide bonds. The fraction of sp³-hybridized carbons (Fsp3) is 0.571. The summed E-state index contributed by atoms with van der Waals surface area (Å²) in [6.45, 7) is 13.6. The van der Waals surface area contributed by atoms with Crippen LogP contribution in [0.25, 0.3) is 10.2 Å². The van der Waals surface area contributed by atoms with Crippen molar-refractivity contribution in [2.24, 2.45) is 0 Å². The molecule has 0 saturated heterocycles. The SMILES string of the molecule is CC(C)(C)c1cc(C(C)(C)C)c2ns[s+]c2c1.[Cl][Sb-]([Cl])([Cl])([Cl])([Cl])[Cl]. The number of aromatic nitrogens is 1. The molecule has 10 heteroatoms. The molecule has 1 heterocycles. The van der Waals surface area contributed by atoms with Crippen LogP contribution in [-0.4, -0.2) is 13.5 Å². The average molecular weight is 601 g/mol. The Morgan fingerprint density at radius 3 is 1.71 bits per heavy atom. The topological polar surface area (TPSA) is 12.9 Å². The van der Waals surface area contributed by atoms with Gasteiger partial charge >= 0.3 is 72.5 Å². The normalized spacial score (nSPS) is 16.2. The Morgan fingerprint density at radius 2 is 1.33 bits per heavy atom.